The molecule has 0 aliphatic carbocycles. The van der Waals surface area contributed by atoms with Crippen molar-refractivity contribution in [3.63, 3.8) is 0 Å². The molecule has 1 heterocycles. The van der Waals surface area contributed by atoms with Gasteiger partial charge in [0.05, 0.1) is 6.61 Å². The van der Waals surface area contributed by atoms with Gasteiger partial charge in [-0.05, 0) is 19.8 Å². The Morgan fingerprint density at radius 3 is 2.93 bits per heavy atom. The number of ketones is 1. The first-order chi connectivity index (χ1) is 6.74. The minimum atomic E-state index is -0.441. The molecule has 4 heteroatoms. The van der Waals surface area contributed by atoms with E-state index in [1.54, 1.807) is 13.1 Å². The van der Waals surface area contributed by atoms with E-state index in [4.69, 9.17) is 4.74 Å². The van der Waals surface area contributed by atoms with Crippen LogP contribution in [-0.2, 0) is 14.3 Å². The maximum atomic E-state index is 11.5. The van der Waals surface area contributed by atoms with Gasteiger partial charge in [0.15, 0.2) is 5.78 Å². The molecule has 0 bridgehead atoms. The van der Waals surface area contributed by atoms with Crippen LogP contribution in [0, 0.1) is 0 Å². The highest BCUT2D eigenvalue weighted by atomic mass is 16.5. The zero-order valence-electron chi connectivity index (χ0n) is 8.34. The van der Waals surface area contributed by atoms with Crippen molar-refractivity contribution in [2.45, 2.75) is 26.2 Å². The number of rotatable bonds is 4. The molecule has 1 rings (SSSR count). The van der Waals surface area contributed by atoms with Crippen molar-refractivity contribution in [3.05, 3.63) is 11.8 Å². The average molecular weight is 197 g/mol. The number of carbonyl (C=O) groups excluding carboxylic acids is 2. The maximum Gasteiger partial charge on any atom is 0.313 e. The summed E-state index contributed by atoms with van der Waals surface area (Å²) >= 11 is 0. The van der Waals surface area contributed by atoms with E-state index < -0.39 is 5.97 Å². The highest BCUT2D eigenvalue weighted by Gasteiger charge is 2.16. The van der Waals surface area contributed by atoms with Gasteiger partial charge in [-0.1, -0.05) is 0 Å². The molecule has 0 saturated carbocycles. The lowest BCUT2D eigenvalue weighted by molar-refractivity contribution is -0.145. The van der Waals surface area contributed by atoms with Crippen LogP contribution in [0.15, 0.2) is 11.8 Å². The van der Waals surface area contributed by atoms with Crippen molar-refractivity contribution in [3.8, 4) is 0 Å². The Kier molecular flexibility index (Phi) is 4.16. The molecule has 0 fully saturated rings. The fourth-order valence-corrected chi connectivity index (χ4v) is 1.32. The summed E-state index contributed by atoms with van der Waals surface area (Å²) in [5.41, 5.74) is 0.698. The van der Waals surface area contributed by atoms with Crippen molar-refractivity contribution >= 4 is 11.8 Å². The predicted octanol–water partition coefficient (Wildman–Crippen LogP) is 0.776. The van der Waals surface area contributed by atoms with Crippen LogP contribution in [0.2, 0.25) is 0 Å². The summed E-state index contributed by atoms with van der Waals surface area (Å²) in [6.07, 6.45) is 3.26. The van der Waals surface area contributed by atoms with E-state index in [1.165, 1.54) is 0 Å². The van der Waals surface area contributed by atoms with E-state index in [2.05, 4.69) is 5.32 Å². The molecule has 1 N–H and O–H groups in total. The van der Waals surface area contributed by atoms with Gasteiger partial charge in [0.1, 0.15) is 6.42 Å². The second-order valence-electron chi connectivity index (χ2n) is 3.13. The van der Waals surface area contributed by atoms with Crippen molar-refractivity contribution in [1.29, 1.82) is 0 Å². The first-order valence-electron chi connectivity index (χ1n) is 4.85. The number of esters is 1. The molecule has 0 saturated heterocycles. The van der Waals surface area contributed by atoms with Crippen LogP contribution in [0.25, 0.3) is 0 Å². The minimum Gasteiger partial charge on any atom is -0.466 e. The quantitative estimate of drug-likeness (QED) is 0.534. The monoisotopic (exact) mass is 197 g/mol. The summed E-state index contributed by atoms with van der Waals surface area (Å²) in [5, 5.41) is 2.99. The molecule has 14 heavy (non-hydrogen) atoms. The molecule has 0 unspecified atom stereocenters. The average Bonchev–Trinajstić information content (AvgIpc) is 2.19. The van der Waals surface area contributed by atoms with Crippen molar-refractivity contribution < 1.29 is 14.3 Å². The number of ether oxygens (including phenoxy) is 1. The Balaban J connectivity index is 2.41. The lowest BCUT2D eigenvalue weighted by atomic mass is 10.0. The number of nitrogens with one attached hydrogen (secondary N) is 1. The lowest BCUT2D eigenvalue weighted by Crippen LogP contribution is -2.20. The van der Waals surface area contributed by atoms with Gasteiger partial charge in [-0.15, -0.1) is 0 Å². The SMILES string of the molecule is CCOC(=O)CC(=O)C1=CNCCC1. The van der Waals surface area contributed by atoms with Crippen LogP contribution in [0.5, 0.6) is 0 Å². The molecular weight excluding hydrogens is 182 g/mol. The molecule has 1 aliphatic heterocycles. The van der Waals surface area contributed by atoms with E-state index >= 15 is 0 Å². The van der Waals surface area contributed by atoms with Gasteiger partial charge in [-0.3, -0.25) is 9.59 Å². The van der Waals surface area contributed by atoms with Gasteiger partial charge in [-0.25, -0.2) is 0 Å². The second-order valence-corrected chi connectivity index (χ2v) is 3.13. The van der Waals surface area contributed by atoms with Gasteiger partial charge in [0, 0.05) is 18.3 Å². The smallest absolute Gasteiger partial charge is 0.313 e. The van der Waals surface area contributed by atoms with Gasteiger partial charge in [0.2, 0.25) is 0 Å². The maximum absolute atomic E-state index is 11.5. The summed E-state index contributed by atoms with van der Waals surface area (Å²) in [7, 11) is 0. The summed E-state index contributed by atoms with van der Waals surface area (Å²) in [6.45, 7) is 2.95. The van der Waals surface area contributed by atoms with Crippen LogP contribution in [0.1, 0.15) is 26.2 Å². The first kappa shape index (κ1) is 10.8. The number of carbonyl (C=O) groups is 2. The Bertz CT molecular complexity index is 258. The molecule has 0 aromatic rings. The summed E-state index contributed by atoms with van der Waals surface area (Å²) in [4.78, 5) is 22.5. The lowest BCUT2D eigenvalue weighted by Gasteiger charge is -2.12. The fraction of sp³-hybridized carbons (Fsp3) is 0.600. The van der Waals surface area contributed by atoms with E-state index in [9.17, 15) is 9.59 Å². The molecule has 0 aromatic heterocycles. The van der Waals surface area contributed by atoms with Crippen LogP contribution in [0.4, 0.5) is 0 Å². The largest absolute Gasteiger partial charge is 0.466 e. The molecule has 0 amide bonds. The van der Waals surface area contributed by atoms with Crippen LogP contribution < -0.4 is 5.32 Å². The summed E-state index contributed by atoms with van der Waals surface area (Å²) in [6, 6.07) is 0. The highest BCUT2D eigenvalue weighted by molar-refractivity contribution is 6.05. The van der Waals surface area contributed by atoms with Gasteiger partial charge >= 0.3 is 5.97 Å². The minimum absolute atomic E-state index is 0.129. The van der Waals surface area contributed by atoms with E-state index in [0.29, 0.717) is 12.2 Å². The first-order valence-corrected chi connectivity index (χ1v) is 4.85. The van der Waals surface area contributed by atoms with E-state index in [1.807, 2.05) is 0 Å². The van der Waals surface area contributed by atoms with Crippen LogP contribution >= 0.6 is 0 Å². The Morgan fingerprint density at radius 2 is 2.36 bits per heavy atom. The molecule has 0 atom stereocenters. The predicted molar refractivity (Wildman–Crippen MR) is 51.6 cm³/mol. The Labute approximate surface area is 83.3 Å². The molecule has 0 spiro atoms. The molecule has 4 nitrogen and oxygen atoms in total. The zero-order chi connectivity index (χ0) is 10.4. The third-order valence-corrected chi connectivity index (χ3v) is 2.01. The molecule has 0 radical (unpaired) electrons. The number of Topliss-reactive ketones (excluding diaryl/α,β-unsaturated/α-hetero) is 1. The molecular formula is C10H15NO3. The van der Waals surface area contributed by atoms with Crippen LogP contribution in [0.3, 0.4) is 0 Å². The third kappa shape index (κ3) is 3.20. The topological polar surface area (TPSA) is 55.4 Å². The summed E-state index contributed by atoms with van der Waals surface area (Å²) < 4.78 is 4.70. The Hall–Kier alpha value is -1.32. The third-order valence-electron chi connectivity index (χ3n) is 2.01. The zero-order valence-corrected chi connectivity index (χ0v) is 8.34. The summed E-state index contributed by atoms with van der Waals surface area (Å²) in [5.74, 6) is -0.570. The second kappa shape index (κ2) is 5.42. The van der Waals surface area contributed by atoms with Gasteiger partial charge in [0.25, 0.3) is 0 Å². The molecule has 0 aromatic carbocycles. The van der Waals surface area contributed by atoms with Crippen molar-refractivity contribution in [2.75, 3.05) is 13.2 Å². The van der Waals surface area contributed by atoms with Crippen molar-refractivity contribution in [2.24, 2.45) is 0 Å². The fourth-order valence-electron chi connectivity index (χ4n) is 1.32. The van der Waals surface area contributed by atoms with Gasteiger partial charge < -0.3 is 10.1 Å². The Morgan fingerprint density at radius 1 is 1.57 bits per heavy atom. The van der Waals surface area contributed by atoms with Crippen LogP contribution in [-0.4, -0.2) is 24.9 Å². The number of hydrogen-bond donors (Lipinski definition) is 1. The normalized spacial score (nSPS) is 15.4. The van der Waals surface area contributed by atoms with Crippen molar-refractivity contribution in [1.82, 2.24) is 5.32 Å². The number of hydrogen-bond acceptors (Lipinski definition) is 4. The standard InChI is InChI=1S/C10H15NO3/c1-2-14-10(13)6-9(12)8-4-3-5-11-7-8/h7,11H,2-6H2,1H3. The number of allylic oxidation sites excluding steroid dienone is 1. The van der Waals surface area contributed by atoms with Gasteiger partial charge in [-0.2, -0.15) is 0 Å². The van der Waals surface area contributed by atoms with E-state index in [0.717, 1.165) is 19.4 Å². The molecule has 1 aliphatic rings. The molecule has 78 valence electrons. The highest BCUT2D eigenvalue weighted by Crippen LogP contribution is 2.11. The van der Waals surface area contributed by atoms with E-state index in [-0.39, 0.29) is 12.2 Å².